The van der Waals surface area contributed by atoms with Crippen LogP contribution in [0.2, 0.25) is 0 Å². The number of ether oxygens (including phenoxy) is 1. The number of carbonyl (C=O) groups excluding carboxylic acids is 1. The number of amides is 1. The summed E-state index contributed by atoms with van der Waals surface area (Å²) < 4.78 is 5.29. The van der Waals surface area contributed by atoms with Crippen LogP contribution < -0.4 is 0 Å². The summed E-state index contributed by atoms with van der Waals surface area (Å²) in [6.07, 6.45) is 1.51. The Morgan fingerprint density at radius 3 is 2.56 bits per heavy atom. The minimum atomic E-state index is -0.836. The minimum absolute atomic E-state index is 0.0680. The maximum atomic E-state index is 11.5. The van der Waals surface area contributed by atoms with E-state index >= 15 is 0 Å². The highest BCUT2D eigenvalue weighted by molar-refractivity contribution is 5.77. The zero-order valence-corrected chi connectivity index (χ0v) is 10.2. The molecule has 5 heteroatoms. The summed E-state index contributed by atoms with van der Waals surface area (Å²) in [6, 6.07) is 0. The monoisotopic (exact) mass is 231 g/mol. The van der Waals surface area contributed by atoms with Gasteiger partial charge in [0.1, 0.15) is 6.61 Å². The van der Waals surface area contributed by atoms with Crippen LogP contribution in [0.1, 0.15) is 33.1 Å². The van der Waals surface area contributed by atoms with E-state index in [4.69, 9.17) is 9.84 Å². The van der Waals surface area contributed by atoms with Gasteiger partial charge in [-0.05, 0) is 19.8 Å². The molecule has 0 saturated carbocycles. The molecule has 0 aliphatic carbocycles. The largest absolute Gasteiger partial charge is 0.481 e. The van der Waals surface area contributed by atoms with Gasteiger partial charge in [-0.15, -0.1) is 0 Å². The molecule has 1 unspecified atom stereocenters. The Morgan fingerprint density at radius 2 is 2.06 bits per heavy atom. The van der Waals surface area contributed by atoms with Crippen molar-refractivity contribution in [2.75, 3.05) is 20.2 Å². The van der Waals surface area contributed by atoms with Crippen LogP contribution in [0.3, 0.4) is 0 Å². The Balaban J connectivity index is 3.69. The van der Waals surface area contributed by atoms with E-state index in [0.29, 0.717) is 13.0 Å². The number of carbonyl (C=O) groups is 2. The van der Waals surface area contributed by atoms with Crippen molar-refractivity contribution in [1.29, 1.82) is 0 Å². The number of carboxylic acid groups (broad SMARTS) is 1. The summed E-state index contributed by atoms with van der Waals surface area (Å²) >= 11 is 0. The minimum Gasteiger partial charge on any atom is -0.481 e. The number of aliphatic carboxylic acids is 1. The number of hydrogen-bond donors (Lipinski definition) is 1. The van der Waals surface area contributed by atoms with Crippen molar-refractivity contribution in [3.05, 3.63) is 0 Å². The van der Waals surface area contributed by atoms with Gasteiger partial charge in [0.15, 0.2) is 0 Å². The molecule has 0 aromatic carbocycles. The number of nitrogens with zero attached hydrogens (tertiary/aromatic N) is 1. The maximum Gasteiger partial charge on any atom is 0.303 e. The number of carboxylic acids is 1. The second-order valence-corrected chi connectivity index (χ2v) is 3.84. The average molecular weight is 231 g/mol. The van der Waals surface area contributed by atoms with Crippen LogP contribution in [0.5, 0.6) is 0 Å². The van der Waals surface area contributed by atoms with E-state index in [0.717, 1.165) is 6.42 Å². The van der Waals surface area contributed by atoms with Gasteiger partial charge in [-0.2, -0.15) is 0 Å². The third-order valence-corrected chi connectivity index (χ3v) is 2.38. The molecule has 16 heavy (non-hydrogen) atoms. The molecular weight excluding hydrogens is 210 g/mol. The van der Waals surface area contributed by atoms with Gasteiger partial charge in [0.2, 0.25) is 5.91 Å². The Labute approximate surface area is 96.4 Å². The molecule has 0 spiro atoms. The fraction of sp³-hybridized carbons (Fsp3) is 0.818. The molecular formula is C11H21NO4. The van der Waals surface area contributed by atoms with Crippen molar-refractivity contribution in [3.8, 4) is 0 Å². The average Bonchev–Trinajstić information content (AvgIpc) is 2.24. The Kier molecular flexibility index (Phi) is 7.54. The van der Waals surface area contributed by atoms with E-state index in [2.05, 4.69) is 0 Å². The van der Waals surface area contributed by atoms with Crippen molar-refractivity contribution in [2.24, 2.45) is 0 Å². The second kappa shape index (κ2) is 8.10. The molecule has 0 bridgehead atoms. The van der Waals surface area contributed by atoms with Gasteiger partial charge in [-0.3, -0.25) is 9.59 Å². The van der Waals surface area contributed by atoms with E-state index in [9.17, 15) is 9.59 Å². The summed E-state index contributed by atoms with van der Waals surface area (Å²) in [6.45, 7) is 4.43. The fourth-order valence-corrected chi connectivity index (χ4v) is 1.03. The molecule has 0 saturated heterocycles. The van der Waals surface area contributed by atoms with E-state index in [-0.39, 0.29) is 25.0 Å². The molecule has 0 rings (SSSR count). The van der Waals surface area contributed by atoms with Crippen LogP contribution in [0, 0.1) is 0 Å². The van der Waals surface area contributed by atoms with E-state index in [1.807, 2.05) is 13.8 Å². The van der Waals surface area contributed by atoms with Gasteiger partial charge in [0, 0.05) is 20.0 Å². The quantitative estimate of drug-likeness (QED) is 0.680. The van der Waals surface area contributed by atoms with Gasteiger partial charge >= 0.3 is 5.97 Å². The zero-order valence-electron chi connectivity index (χ0n) is 10.2. The molecule has 0 radical (unpaired) electrons. The lowest BCUT2D eigenvalue weighted by Gasteiger charge is -2.18. The molecule has 1 atom stereocenters. The fourth-order valence-electron chi connectivity index (χ4n) is 1.03. The highest BCUT2D eigenvalue weighted by Gasteiger charge is 2.10. The summed E-state index contributed by atoms with van der Waals surface area (Å²) in [5.74, 6) is -0.942. The van der Waals surface area contributed by atoms with E-state index < -0.39 is 5.97 Å². The van der Waals surface area contributed by atoms with Gasteiger partial charge in [-0.1, -0.05) is 6.92 Å². The molecule has 0 aromatic heterocycles. The Morgan fingerprint density at radius 1 is 1.44 bits per heavy atom. The SMILES string of the molecule is CCC(C)OCC(=O)N(C)CCCC(=O)O. The molecule has 0 aliphatic heterocycles. The molecule has 94 valence electrons. The van der Waals surface area contributed by atoms with Crippen LogP contribution in [0.4, 0.5) is 0 Å². The molecule has 0 fully saturated rings. The van der Waals surface area contributed by atoms with Crippen molar-refractivity contribution in [1.82, 2.24) is 4.90 Å². The molecule has 0 aliphatic rings. The van der Waals surface area contributed by atoms with Crippen molar-refractivity contribution < 1.29 is 19.4 Å². The predicted molar refractivity (Wildman–Crippen MR) is 60.2 cm³/mol. The van der Waals surface area contributed by atoms with Crippen LogP contribution in [0.25, 0.3) is 0 Å². The first-order valence-electron chi connectivity index (χ1n) is 5.54. The first-order chi connectivity index (χ1) is 7.47. The van der Waals surface area contributed by atoms with Crippen molar-refractivity contribution in [3.63, 3.8) is 0 Å². The second-order valence-electron chi connectivity index (χ2n) is 3.84. The number of rotatable bonds is 8. The normalized spacial score (nSPS) is 12.2. The van der Waals surface area contributed by atoms with E-state index in [1.54, 1.807) is 7.05 Å². The molecule has 1 amide bonds. The lowest BCUT2D eigenvalue weighted by molar-refractivity contribution is -0.139. The lowest BCUT2D eigenvalue weighted by Crippen LogP contribution is -2.32. The third-order valence-electron chi connectivity index (χ3n) is 2.38. The van der Waals surface area contributed by atoms with Gasteiger partial charge in [0.05, 0.1) is 6.10 Å². The number of hydrogen-bond acceptors (Lipinski definition) is 3. The van der Waals surface area contributed by atoms with Crippen LogP contribution >= 0.6 is 0 Å². The highest BCUT2D eigenvalue weighted by Crippen LogP contribution is 1.98. The van der Waals surface area contributed by atoms with Gasteiger partial charge in [0.25, 0.3) is 0 Å². The number of likely N-dealkylation sites (N-methyl/N-ethyl adjacent to an activating group) is 1. The van der Waals surface area contributed by atoms with Crippen LogP contribution in [0.15, 0.2) is 0 Å². The van der Waals surface area contributed by atoms with Gasteiger partial charge in [-0.25, -0.2) is 0 Å². The van der Waals surface area contributed by atoms with Crippen LogP contribution in [-0.4, -0.2) is 48.2 Å². The first-order valence-corrected chi connectivity index (χ1v) is 5.54. The first kappa shape index (κ1) is 14.9. The molecule has 0 heterocycles. The highest BCUT2D eigenvalue weighted by atomic mass is 16.5. The van der Waals surface area contributed by atoms with Crippen molar-refractivity contribution in [2.45, 2.75) is 39.2 Å². The third kappa shape index (κ3) is 7.23. The van der Waals surface area contributed by atoms with Crippen molar-refractivity contribution >= 4 is 11.9 Å². The Hall–Kier alpha value is -1.10. The molecule has 1 N–H and O–H groups in total. The maximum absolute atomic E-state index is 11.5. The molecule has 5 nitrogen and oxygen atoms in total. The molecule has 0 aromatic rings. The predicted octanol–water partition coefficient (Wildman–Crippen LogP) is 1.12. The van der Waals surface area contributed by atoms with Gasteiger partial charge < -0.3 is 14.7 Å². The summed E-state index contributed by atoms with van der Waals surface area (Å²) in [5, 5.41) is 8.44. The topological polar surface area (TPSA) is 66.8 Å². The summed E-state index contributed by atoms with van der Waals surface area (Å²) in [7, 11) is 1.66. The lowest BCUT2D eigenvalue weighted by atomic mass is 10.3. The Bertz CT molecular complexity index is 230. The standard InChI is InChI=1S/C11H21NO4/c1-4-9(2)16-8-10(13)12(3)7-5-6-11(14)15/h9H,4-8H2,1-3H3,(H,14,15). The zero-order chi connectivity index (χ0) is 12.6. The summed E-state index contributed by atoms with van der Waals surface area (Å²) in [5.41, 5.74) is 0. The van der Waals surface area contributed by atoms with E-state index in [1.165, 1.54) is 4.90 Å². The smallest absolute Gasteiger partial charge is 0.303 e. The van der Waals surface area contributed by atoms with Crippen LogP contribution in [-0.2, 0) is 14.3 Å². The summed E-state index contributed by atoms with van der Waals surface area (Å²) in [4.78, 5) is 23.3.